The zero-order valence-electron chi connectivity index (χ0n) is 16.3. The number of hydrogen-bond acceptors (Lipinski definition) is 3. The monoisotopic (exact) mass is 380 g/mol. The maximum absolute atomic E-state index is 12.7. The van der Waals surface area contributed by atoms with Crippen LogP contribution in [0.3, 0.4) is 0 Å². The number of anilines is 1. The van der Waals surface area contributed by atoms with E-state index < -0.39 is 10.0 Å². The highest BCUT2D eigenvalue weighted by Crippen LogP contribution is 2.25. The first-order valence-corrected chi connectivity index (χ1v) is 11.6. The van der Waals surface area contributed by atoms with Crippen LogP contribution in [-0.4, -0.2) is 37.5 Å². The summed E-state index contributed by atoms with van der Waals surface area (Å²) >= 11 is 0. The number of amides is 1. The van der Waals surface area contributed by atoms with Crippen LogP contribution < -0.4 is 5.32 Å². The van der Waals surface area contributed by atoms with E-state index >= 15 is 0 Å². The van der Waals surface area contributed by atoms with Gasteiger partial charge in [-0.05, 0) is 36.8 Å². The van der Waals surface area contributed by atoms with E-state index in [4.69, 9.17) is 0 Å². The van der Waals surface area contributed by atoms with Crippen LogP contribution in [0.2, 0.25) is 0 Å². The number of hydrogen-bond donors (Lipinski definition) is 1. The minimum Gasteiger partial charge on any atom is -0.324 e. The van der Waals surface area contributed by atoms with Crippen LogP contribution in [0.4, 0.5) is 5.69 Å². The Morgan fingerprint density at radius 3 is 2.08 bits per heavy atom. The van der Waals surface area contributed by atoms with E-state index in [2.05, 4.69) is 19.2 Å². The molecule has 1 amide bonds. The van der Waals surface area contributed by atoms with Crippen molar-refractivity contribution in [3.63, 3.8) is 0 Å². The molecule has 5 nitrogen and oxygen atoms in total. The van der Waals surface area contributed by atoms with Crippen LogP contribution in [0.25, 0.3) is 0 Å². The van der Waals surface area contributed by atoms with E-state index in [1.54, 1.807) is 0 Å². The Labute approximate surface area is 158 Å². The molecule has 0 bridgehead atoms. The van der Waals surface area contributed by atoms with Crippen LogP contribution in [0, 0.1) is 0 Å². The average molecular weight is 381 g/mol. The van der Waals surface area contributed by atoms with Gasteiger partial charge in [0.05, 0.1) is 12.8 Å². The fourth-order valence-corrected chi connectivity index (χ4v) is 4.89. The molecule has 0 radical (unpaired) electrons. The predicted octanol–water partition coefficient (Wildman–Crippen LogP) is 3.73. The Morgan fingerprint density at radius 2 is 1.62 bits per heavy atom. The molecule has 26 heavy (non-hydrogen) atoms. The molecule has 1 aromatic carbocycles. The summed E-state index contributed by atoms with van der Waals surface area (Å²) in [4.78, 5) is 12.7. The summed E-state index contributed by atoms with van der Waals surface area (Å²) in [5, 5.41) is 2.99. The van der Waals surface area contributed by atoms with Gasteiger partial charge in [-0.1, -0.05) is 57.7 Å². The highest BCUT2D eigenvalue weighted by molar-refractivity contribution is 7.88. The van der Waals surface area contributed by atoms with Crippen molar-refractivity contribution < 1.29 is 13.2 Å². The van der Waals surface area contributed by atoms with Crippen LogP contribution in [0.5, 0.6) is 0 Å². The Kier molecular flexibility index (Phi) is 7.65. The van der Waals surface area contributed by atoms with Gasteiger partial charge in [0.2, 0.25) is 15.9 Å². The predicted molar refractivity (Wildman–Crippen MR) is 107 cm³/mol. The van der Waals surface area contributed by atoms with Gasteiger partial charge in [0.25, 0.3) is 0 Å². The third-order valence-corrected chi connectivity index (χ3v) is 6.50. The van der Waals surface area contributed by atoms with E-state index in [0.717, 1.165) is 68.2 Å². The number of para-hydroxylation sites is 1. The second-order valence-electron chi connectivity index (χ2n) is 7.16. The van der Waals surface area contributed by atoms with E-state index in [9.17, 15) is 13.2 Å². The molecule has 1 aromatic rings. The van der Waals surface area contributed by atoms with Gasteiger partial charge < -0.3 is 5.32 Å². The number of nitrogens with one attached hydrogen (secondary N) is 1. The summed E-state index contributed by atoms with van der Waals surface area (Å²) in [7, 11) is -3.43. The largest absolute Gasteiger partial charge is 0.324 e. The number of carbonyl (C=O) groups is 1. The van der Waals surface area contributed by atoms with E-state index in [-0.39, 0.29) is 18.5 Å². The van der Waals surface area contributed by atoms with Gasteiger partial charge in [0.15, 0.2) is 0 Å². The lowest BCUT2D eigenvalue weighted by molar-refractivity contribution is -0.116. The molecule has 6 heteroatoms. The van der Waals surface area contributed by atoms with Crippen molar-refractivity contribution in [3.05, 3.63) is 29.3 Å². The van der Waals surface area contributed by atoms with E-state index in [0.29, 0.717) is 0 Å². The molecule has 0 aliphatic heterocycles. The molecule has 0 heterocycles. The lowest BCUT2D eigenvalue weighted by Crippen LogP contribution is -2.44. The van der Waals surface area contributed by atoms with Crippen molar-refractivity contribution in [2.75, 3.05) is 18.1 Å². The highest BCUT2D eigenvalue weighted by Gasteiger charge is 2.29. The second kappa shape index (κ2) is 9.51. The molecule has 0 aromatic heterocycles. The first kappa shape index (κ1) is 20.9. The van der Waals surface area contributed by atoms with E-state index in [1.165, 1.54) is 10.6 Å². The van der Waals surface area contributed by atoms with Gasteiger partial charge in [0.1, 0.15) is 0 Å². The summed E-state index contributed by atoms with van der Waals surface area (Å²) in [5.41, 5.74) is 3.01. The number of nitrogens with zero attached hydrogens (tertiary/aromatic N) is 1. The third kappa shape index (κ3) is 5.55. The topological polar surface area (TPSA) is 66.5 Å². The molecule has 0 atom stereocenters. The molecular weight excluding hydrogens is 348 g/mol. The van der Waals surface area contributed by atoms with Gasteiger partial charge in [-0.3, -0.25) is 4.79 Å². The molecule has 0 spiro atoms. The van der Waals surface area contributed by atoms with E-state index in [1.807, 2.05) is 18.2 Å². The Bertz CT molecular complexity index is 686. The SMILES string of the molecule is CCc1cccc(CC)c1NC(=O)CN(C1CCCCCC1)S(C)(=O)=O. The van der Waals surface area contributed by atoms with Gasteiger partial charge in [-0.25, -0.2) is 8.42 Å². The van der Waals surface area contributed by atoms with Gasteiger partial charge in [-0.2, -0.15) is 4.31 Å². The summed E-state index contributed by atoms with van der Waals surface area (Å²) < 4.78 is 26.1. The molecule has 1 fully saturated rings. The highest BCUT2D eigenvalue weighted by atomic mass is 32.2. The maximum Gasteiger partial charge on any atom is 0.239 e. The molecule has 0 saturated heterocycles. The number of rotatable bonds is 7. The minimum atomic E-state index is -3.43. The van der Waals surface area contributed by atoms with Gasteiger partial charge in [0, 0.05) is 11.7 Å². The smallest absolute Gasteiger partial charge is 0.239 e. The number of carbonyl (C=O) groups excluding carboxylic acids is 1. The molecule has 0 unspecified atom stereocenters. The van der Waals surface area contributed by atoms with Crippen molar-refractivity contribution in [3.8, 4) is 0 Å². The zero-order chi connectivity index (χ0) is 19.2. The average Bonchev–Trinajstić information content (AvgIpc) is 2.88. The Hall–Kier alpha value is -1.40. The van der Waals surface area contributed by atoms with Gasteiger partial charge in [-0.15, -0.1) is 0 Å². The molecule has 1 aliphatic carbocycles. The number of aryl methyl sites for hydroxylation is 2. The fourth-order valence-electron chi connectivity index (χ4n) is 3.79. The molecular formula is C20H32N2O3S. The van der Waals surface area contributed by atoms with Crippen molar-refractivity contribution in [1.29, 1.82) is 0 Å². The van der Waals surface area contributed by atoms with Crippen molar-refractivity contribution >= 4 is 21.6 Å². The minimum absolute atomic E-state index is 0.0645. The first-order valence-electron chi connectivity index (χ1n) is 9.74. The van der Waals surface area contributed by atoms with Crippen LogP contribution in [0.1, 0.15) is 63.5 Å². The number of sulfonamides is 1. The molecule has 1 N–H and O–H groups in total. The Balaban J connectivity index is 2.18. The maximum atomic E-state index is 12.7. The zero-order valence-corrected chi connectivity index (χ0v) is 17.1. The number of benzene rings is 1. The van der Waals surface area contributed by atoms with Gasteiger partial charge >= 0.3 is 0 Å². The normalized spacial score (nSPS) is 16.5. The molecule has 1 saturated carbocycles. The summed E-state index contributed by atoms with van der Waals surface area (Å²) in [6.45, 7) is 4.00. The molecule has 1 aliphatic rings. The first-order chi connectivity index (χ1) is 12.4. The lowest BCUT2D eigenvalue weighted by atomic mass is 10.0. The van der Waals surface area contributed by atoms with Crippen LogP contribution in [-0.2, 0) is 27.7 Å². The summed E-state index contributed by atoms with van der Waals surface area (Å²) in [5.74, 6) is -0.254. The second-order valence-corrected chi connectivity index (χ2v) is 9.10. The summed E-state index contributed by atoms with van der Waals surface area (Å²) in [6, 6.07) is 5.95. The summed E-state index contributed by atoms with van der Waals surface area (Å²) in [6.07, 6.45) is 8.87. The lowest BCUT2D eigenvalue weighted by Gasteiger charge is -2.28. The third-order valence-electron chi connectivity index (χ3n) is 5.22. The van der Waals surface area contributed by atoms with Crippen molar-refractivity contribution in [2.45, 2.75) is 71.3 Å². The van der Waals surface area contributed by atoms with Crippen molar-refractivity contribution in [1.82, 2.24) is 4.31 Å². The van der Waals surface area contributed by atoms with Crippen LogP contribution >= 0.6 is 0 Å². The fraction of sp³-hybridized carbons (Fsp3) is 0.650. The van der Waals surface area contributed by atoms with Crippen molar-refractivity contribution in [2.24, 2.45) is 0 Å². The Morgan fingerprint density at radius 1 is 1.08 bits per heavy atom. The molecule has 2 rings (SSSR count). The quantitative estimate of drug-likeness (QED) is 0.733. The molecule has 146 valence electrons. The van der Waals surface area contributed by atoms with Crippen LogP contribution in [0.15, 0.2) is 18.2 Å². The standard InChI is InChI=1S/C20H32N2O3S/c1-4-16-11-10-12-17(5-2)20(16)21-19(23)15-22(26(3,24)25)18-13-8-6-7-9-14-18/h10-12,18H,4-9,13-15H2,1-3H3,(H,21,23).